The number of nitrogen functional groups attached to an aromatic ring is 1. The lowest BCUT2D eigenvalue weighted by Crippen LogP contribution is -2.36. The molecule has 2 saturated heterocycles. The van der Waals surface area contributed by atoms with E-state index in [1.54, 1.807) is 0 Å². The van der Waals surface area contributed by atoms with E-state index in [9.17, 15) is 0 Å². The first kappa shape index (κ1) is 13.6. The van der Waals surface area contributed by atoms with Crippen molar-refractivity contribution in [1.29, 1.82) is 5.41 Å². The molecule has 4 heteroatoms. The molecule has 20 heavy (non-hydrogen) atoms. The van der Waals surface area contributed by atoms with Gasteiger partial charge in [-0.25, -0.2) is 0 Å². The summed E-state index contributed by atoms with van der Waals surface area (Å²) < 4.78 is 0. The lowest BCUT2D eigenvalue weighted by molar-refractivity contribution is 0.214. The Morgan fingerprint density at radius 3 is 2.80 bits per heavy atom. The molecule has 0 aliphatic carbocycles. The van der Waals surface area contributed by atoms with Gasteiger partial charge in [-0.1, -0.05) is 24.3 Å². The van der Waals surface area contributed by atoms with Gasteiger partial charge in [-0.3, -0.25) is 15.2 Å². The normalized spacial score (nSPS) is 27.4. The van der Waals surface area contributed by atoms with Crippen LogP contribution in [0.15, 0.2) is 24.3 Å². The van der Waals surface area contributed by atoms with E-state index < -0.39 is 0 Å². The van der Waals surface area contributed by atoms with Crippen molar-refractivity contribution in [2.24, 2.45) is 5.73 Å². The molecule has 4 nitrogen and oxygen atoms in total. The number of nitrogens with zero attached hydrogens (tertiary/aromatic N) is 2. The molecule has 3 rings (SSSR count). The molecular weight excluding hydrogens is 248 g/mol. The molecule has 2 aliphatic rings. The van der Waals surface area contributed by atoms with Gasteiger partial charge in [0.05, 0.1) is 0 Å². The Balaban J connectivity index is 1.74. The van der Waals surface area contributed by atoms with Crippen LogP contribution >= 0.6 is 0 Å². The molecule has 2 bridgehead atoms. The molecule has 0 saturated carbocycles. The van der Waals surface area contributed by atoms with Crippen LogP contribution in [-0.4, -0.2) is 47.9 Å². The average molecular weight is 272 g/mol. The summed E-state index contributed by atoms with van der Waals surface area (Å²) in [5, 5.41) is 7.70. The van der Waals surface area contributed by atoms with Crippen molar-refractivity contribution < 1.29 is 0 Å². The first-order valence-corrected chi connectivity index (χ1v) is 7.51. The predicted octanol–water partition coefficient (Wildman–Crippen LogP) is 1.64. The summed E-state index contributed by atoms with van der Waals surface area (Å²) in [5.74, 6) is 0.175. The van der Waals surface area contributed by atoms with Gasteiger partial charge in [-0.2, -0.15) is 0 Å². The van der Waals surface area contributed by atoms with Gasteiger partial charge in [0.2, 0.25) is 0 Å². The highest BCUT2D eigenvalue weighted by Crippen LogP contribution is 2.29. The summed E-state index contributed by atoms with van der Waals surface area (Å²) in [6.45, 7) is 3.20. The molecule has 2 aliphatic heterocycles. The maximum Gasteiger partial charge on any atom is 0.123 e. The quantitative estimate of drug-likeness (QED) is 0.649. The number of amidine groups is 1. The van der Waals surface area contributed by atoms with Crippen molar-refractivity contribution in [2.45, 2.75) is 37.9 Å². The predicted molar refractivity (Wildman–Crippen MR) is 81.9 cm³/mol. The van der Waals surface area contributed by atoms with Crippen molar-refractivity contribution in [1.82, 2.24) is 9.80 Å². The smallest absolute Gasteiger partial charge is 0.123 e. The molecule has 2 fully saturated rings. The summed E-state index contributed by atoms with van der Waals surface area (Å²) in [6, 6.07) is 9.52. The highest BCUT2D eigenvalue weighted by Gasteiger charge is 2.34. The third-order valence-corrected chi connectivity index (χ3v) is 4.93. The van der Waals surface area contributed by atoms with Crippen molar-refractivity contribution in [3.63, 3.8) is 0 Å². The topological polar surface area (TPSA) is 56.4 Å². The zero-order chi connectivity index (χ0) is 14.1. The summed E-state index contributed by atoms with van der Waals surface area (Å²) in [4.78, 5) is 5.10. The van der Waals surface area contributed by atoms with Gasteiger partial charge < -0.3 is 5.73 Å². The number of fused-ring (bicyclic) bond motifs is 2. The number of likely N-dealkylation sites (N-methyl/N-ethyl adjacent to an activating group) is 1. The van der Waals surface area contributed by atoms with Gasteiger partial charge in [0.25, 0.3) is 0 Å². The minimum absolute atomic E-state index is 0.175. The van der Waals surface area contributed by atoms with Crippen LogP contribution in [0.3, 0.4) is 0 Å². The van der Waals surface area contributed by atoms with Gasteiger partial charge in [0.1, 0.15) is 5.84 Å². The van der Waals surface area contributed by atoms with E-state index in [2.05, 4.69) is 22.9 Å². The van der Waals surface area contributed by atoms with Crippen molar-refractivity contribution in [3.8, 4) is 0 Å². The maximum absolute atomic E-state index is 7.70. The number of rotatable bonds is 3. The Kier molecular flexibility index (Phi) is 3.76. The second kappa shape index (κ2) is 5.54. The summed E-state index contributed by atoms with van der Waals surface area (Å²) in [7, 11) is 2.27. The van der Waals surface area contributed by atoms with Gasteiger partial charge in [-0.05, 0) is 31.9 Å². The van der Waals surface area contributed by atoms with Gasteiger partial charge in [0.15, 0.2) is 0 Å². The van der Waals surface area contributed by atoms with Gasteiger partial charge >= 0.3 is 0 Å². The third-order valence-electron chi connectivity index (χ3n) is 4.93. The molecule has 2 heterocycles. The monoisotopic (exact) mass is 272 g/mol. The number of hydrogen-bond acceptors (Lipinski definition) is 3. The van der Waals surface area contributed by atoms with Crippen LogP contribution in [0.25, 0.3) is 0 Å². The first-order valence-electron chi connectivity index (χ1n) is 7.51. The molecule has 0 amide bonds. The summed E-state index contributed by atoms with van der Waals surface area (Å²) >= 11 is 0. The van der Waals surface area contributed by atoms with Crippen molar-refractivity contribution in [2.75, 3.05) is 20.1 Å². The molecule has 2 atom stereocenters. The molecule has 0 radical (unpaired) electrons. The van der Waals surface area contributed by atoms with E-state index in [0.29, 0.717) is 6.04 Å². The molecule has 3 N–H and O–H groups in total. The molecule has 0 aromatic heterocycles. The van der Waals surface area contributed by atoms with Gasteiger partial charge in [0, 0.05) is 37.3 Å². The molecule has 1 aromatic carbocycles. The lowest BCUT2D eigenvalue weighted by atomic mass is 10.0. The lowest BCUT2D eigenvalue weighted by Gasteiger charge is -2.26. The van der Waals surface area contributed by atoms with Crippen LogP contribution in [0.1, 0.15) is 30.4 Å². The number of hydrogen-bond donors (Lipinski definition) is 2. The molecule has 108 valence electrons. The molecule has 1 aromatic rings. The van der Waals surface area contributed by atoms with Crippen molar-refractivity contribution in [3.05, 3.63) is 35.4 Å². The minimum Gasteiger partial charge on any atom is -0.384 e. The van der Waals surface area contributed by atoms with Crippen LogP contribution in [0.2, 0.25) is 0 Å². The second-order valence-corrected chi connectivity index (χ2v) is 6.15. The number of nitrogens with one attached hydrogen (secondary N) is 1. The molecule has 0 spiro atoms. The van der Waals surface area contributed by atoms with Crippen LogP contribution in [0, 0.1) is 5.41 Å². The zero-order valence-electron chi connectivity index (χ0n) is 12.2. The van der Waals surface area contributed by atoms with Crippen LogP contribution in [-0.2, 0) is 6.54 Å². The van der Waals surface area contributed by atoms with Crippen LogP contribution in [0.5, 0.6) is 0 Å². The van der Waals surface area contributed by atoms with E-state index >= 15 is 0 Å². The Morgan fingerprint density at radius 2 is 2.00 bits per heavy atom. The Labute approximate surface area is 121 Å². The largest absolute Gasteiger partial charge is 0.384 e. The fourth-order valence-electron chi connectivity index (χ4n) is 3.68. The summed E-state index contributed by atoms with van der Waals surface area (Å²) in [5.41, 5.74) is 7.76. The highest BCUT2D eigenvalue weighted by atomic mass is 15.3. The maximum atomic E-state index is 7.70. The van der Waals surface area contributed by atoms with Crippen LogP contribution in [0.4, 0.5) is 0 Å². The average Bonchev–Trinajstić information content (AvgIpc) is 2.67. The fourth-order valence-corrected chi connectivity index (χ4v) is 3.68. The van der Waals surface area contributed by atoms with E-state index in [-0.39, 0.29) is 5.84 Å². The Morgan fingerprint density at radius 1 is 1.25 bits per heavy atom. The summed E-state index contributed by atoms with van der Waals surface area (Å²) in [6.07, 6.45) is 3.94. The molecular formula is C16H24N4. The second-order valence-electron chi connectivity index (χ2n) is 6.15. The Bertz CT molecular complexity index is 499. The minimum atomic E-state index is 0.175. The molecule has 2 unspecified atom stereocenters. The zero-order valence-corrected chi connectivity index (χ0v) is 12.2. The van der Waals surface area contributed by atoms with E-state index in [0.717, 1.165) is 31.2 Å². The highest BCUT2D eigenvalue weighted by molar-refractivity contribution is 5.96. The van der Waals surface area contributed by atoms with Gasteiger partial charge in [-0.15, -0.1) is 0 Å². The van der Waals surface area contributed by atoms with E-state index in [4.69, 9.17) is 11.1 Å². The van der Waals surface area contributed by atoms with Crippen LogP contribution < -0.4 is 5.73 Å². The number of likely N-dealkylation sites (tertiary alicyclic amines) is 1. The fraction of sp³-hybridized carbons (Fsp3) is 0.562. The van der Waals surface area contributed by atoms with E-state index in [1.807, 2.05) is 18.2 Å². The SMILES string of the molecule is CN1C2CCC1CN(Cc1ccccc1C(=N)N)CC2. The number of nitrogens with two attached hydrogens (primary N) is 1. The first-order chi connectivity index (χ1) is 9.65. The number of benzene rings is 1. The van der Waals surface area contributed by atoms with E-state index in [1.165, 1.54) is 24.8 Å². The van der Waals surface area contributed by atoms with Crippen molar-refractivity contribution >= 4 is 5.84 Å². The standard InChI is InChI=1S/C16H24N4/c1-19-13-6-7-14(19)11-20(9-8-13)10-12-4-2-3-5-15(12)16(17)18/h2-5,13-14H,6-11H2,1H3,(H3,17,18). The third kappa shape index (κ3) is 2.58. The Hall–Kier alpha value is -1.39.